The number of aliphatic hydroxyl groups is 2. The summed E-state index contributed by atoms with van der Waals surface area (Å²) in [6.07, 6.45) is 8.89. The molecule has 2 atom stereocenters. The second kappa shape index (κ2) is 6.17. The molecule has 64 valence electrons. The van der Waals surface area contributed by atoms with E-state index in [9.17, 15) is 0 Å². The first-order chi connectivity index (χ1) is 5.33. The molecule has 0 amide bonds. The Balaban J connectivity index is 0.000000461. The van der Waals surface area contributed by atoms with Gasteiger partial charge < -0.3 is 14.9 Å². The normalized spacial score (nSPS) is 30.2. The van der Waals surface area contributed by atoms with Crippen LogP contribution in [0.1, 0.15) is 12.8 Å². The van der Waals surface area contributed by atoms with E-state index >= 15 is 0 Å². The zero-order valence-corrected chi connectivity index (χ0v) is 6.44. The third-order valence-electron chi connectivity index (χ3n) is 1.54. The Morgan fingerprint density at radius 3 is 2.45 bits per heavy atom. The van der Waals surface area contributed by atoms with Crippen LogP contribution < -0.4 is 0 Å². The maximum Gasteiger partial charge on any atom is 0.0830 e. The highest BCUT2D eigenvalue weighted by Gasteiger charge is 2.19. The van der Waals surface area contributed by atoms with E-state index in [1.54, 1.807) is 0 Å². The van der Waals surface area contributed by atoms with Gasteiger partial charge in [0.1, 0.15) is 0 Å². The molecular weight excluding hydrogens is 144 g/mol. The van der Waals surface area contributed by atoms with Gasteiger partial charge in [-0.05, 0) is 6.42 Å². The molecule has 3 heteroatoms. The van der Waals surface area contributed by atoms with Crippen LogP contribution in [0.25, 0.3) is 0 Å². The fraction of sp³-hybridized carbons (Fsp3) is 0.750. The van der Waals surface area contributed by atoms with Gasteiger partial charge in [0.05, 0.1) is 18.8 Å². The Bertz CT molecular complexity index is 111. The average molecular weight is 158 g/mol. The Morgan fingerprint density at radius 1 is 1.45 bits per heavy atom. The van der Waals surface area contributed by atoms with Gasteiger partial charge in [0, 0.05) is 13.0 Å². The first-order valence-corrected chi connectivity index (χ1v) is 3.57. The van der Waals surface area contributed by atoms with E-state index in [0.717, 1.165) is 0 Å². The third-order valence-corrected chi connectivity index (χ3v) is 1.54. The molecule has 2 N–H and O–H groups in total. The van der Waals surface area contributed by atoms with Crippen molar-refractivity contribution < 1.29 is 14.9 Å². The summed E-state index contributed by atoms with van der Waals surface area (Å²) >= 11 is 0. The SMILES string of the molecule is C#C.OC[C@@H]1C[C@H](O)CCO1. The Morgan fingerprint density at radius 2 is 2.09 bits per heavy atom. The van der Waals surface area contributed by atoms with E-state index in [1.807, 2.05) is 0 Å². The molecule has 3 nitrogen and oxygen atoms in total. The summed E-state index contributed by atoms with van der Waals surface area (Å²) in [7, 11) is 0. The first kappa shape index (κ1) is 10.4. The molecule has 1 fully saturated rings. The molecule has 0 radical (unpaired) electrons. The second-order valence-corrected chi connectivity index (χ2v) is 2.35. The predicted octanol–water partition coefficient (Wildman–Crippen LogP) is -0.232. The van der Waals surface area contributed by atoms with Gasteiger partial charge in [0.25, 0.3) is 0 Å². The lowest BCUT2D eigenvalue weighted by Crippen LogP contribution is -2.31. The van der Waals surface area contributed by atoms with Crippen LogP contribution >= 0.6 is 0 Å². The molecule has 0 aliphatic carbocycles. The highest BCUT2D eigenvalue weighted by Crippen LogP contribution is 2.12. The summed E-state index contributed by atoms with van der Waals surface area (Å²) in [5.41, 5.74) is 0. The van der Waals surface area contributed by atoms with Gasteiger partial charge in [0.2, 0.25) is 0 Å². The molecule has 1 saturated heterocycles. The molecule has 0 bridgehead atoms. The molecule has 0 aromatic rings. The van der Waals surface area contributed by atoms with Gasteiger partial charge in [-0.25, -0.2) is 0 Å². The van der Waals surface area contributed by atoms with Crippen molar-refractivity contribution in [3.05, 3.63) is 0 Å². The summed E-state index contributed by atoms with van der Waals surface area (Å²) in [5.74, 6) is 0. The molecule has 1 aliphatic heterocycles. The monoisotopic (exact) mass is 158 g/mol. The van der Waals surface area contributed by atoms with E-state index < -0.39 is 0 Å². The number of hydrogen-bond acceptors (Lipinski definition) is 3. The lowest BCUT2D eigenvalue weighted by molar-refractivity contribution is -0.0642. The van der Waals surface area contributed by atoms with Crippen molar-refractivity contribution in [2.45, 2.75) is 25.0 Å². The molecule has 11 heavy (non-hydrogen) atoms. The number of hydrogen-bond donors (Lipinski definition) is 2. The number of ether oxygens (including phenoxy) is 1. The van der Waals surface area contributed by atoms with Crippen LogP contribution in [0.15, 0.2) is 0 Å². The summed E-state index contributed by atoms with van der Waals surface area (Å²) < 4.78 is 5.09. The van der Waals surface area contributed by atoms with Gasteiger partial charge in [0.15, 0.2) is 0 Å². The minimum Gasteiger partial charge on any atom is -0.394 e. The smallest absolute Gasteiger partial charge is 0.0830 e. The Kier molecular flexibility index (Phi) is 5.86. The van der Waals surface area contributed by atoms with Crippen LogP contribution in [0.4, 0.5) is 0 Å². The summed E-state index contributed by atoms with van der Waals surface area (Å²) in [6.45, 7) is 0.601. The largest absolute Gasteiger partial charge is 0.394 e. The minimum absolute atomic E-state index is 0.0249. The van der Waals surface area contributed by atoms with Crippen LogP contribution in [-0.2, 0) is 4.74 Å². The van der Waals surface area contributed by atoms with E-state index in [2.05, 4.69) is 12.8 Å². The lowest BCUT2D eigenvalue weighted by atomic mass is 10.1. The molecule has 1 heterocycles. The van der Waals surface area contributed by atoms with Crippen molar-refractivity contribution in [1.82, 2.24) is 0 Å². The van der Waals surface area contributed by atoms with Crippen molar-refractivity contribution in [2.75, 3.05) is 13.2 Å². The zero-order chi connectivity index (χ0) is 8.69. The topological polar surface area (TPSA) is 49.7 Å². The van der Waals surface area contributed by atoms with E-state index in [0.29, 0.717) is 19.4 Å². The van der Waals surface area contributed by atoms with Crippen molar-refractivity contribution in [3.63, 3.8) is 0 Å². The van der Waals surface area contributed by atoms with Gasteiger partial charge in [-0.1, -0.05) is 0 Å². The van der Waals surface area contributed by atoms with Gasteiger partial charge in [-0.2, -0.15) is 0 Å². The van der Waals surface area contributed by atoms with Crippen LogP contribution in [0.5, 0.6) is 0 Å². The molecular formula is C8H14O3. The van der Waals surface area contributed by atoms with Crippen molar-refractivity contribution in [1.29, 1.82) is 0 Å². The van der Waals surface area contributed by atoms with Crippen LogP contribution in [0.2, 0.25) is 0 Å². The highest BCUT2D eigenvalue weighted by atomic mass is 16.5. The van der Waals surface area contributed by atoms with Crippen molar-refractivity contribution in [3.8, 4) is 12.8 Å². The number of aliphatic hydroxyl groups excluding tert-OH is 2. The molecule has 0 saturated carbocycles. The molecule has 1 rings (SSSR count). The van der Waals surface area contributed by atoms with Gasteiger partial charge >= 0.3 is 0 Å². The van der Waals surface area contributed by atoms with Gasteiger partial charge in [-0.3, -0.25) is 0 Å². The second-order valence-electron chi connectivity index (χ2n) is 2.35. The Labute approximate surface area is 67.0 Å². The molecule has 0 aromatic carbocycles. The molecule has 0 unspecified atom stereocenters. The molecule has 1 aliphatic rings. The summed E-state index contributed by atoms with van der Waals surface area (Å²) in [4.78, 5) is 0. The Hall–Kier alpha value is -0.560. The minimum atomic E-state index is -0.268. The van der Waals surface area contributed by atoms with Crippen LogP contribution in [-0.4, -0.2) is 35.6 Å². The summed E-state index contributed by atoms with van der Waals surface area (Å²) in [6, 6.07) is 0. The van der Waals surface area contributed by atoms with Crippen LogP contribution in [0, 0.1) is 12.8 Å². The maximum atomic E-state index is 9.02. The zero-order valence-electron chi connectivity index (χ0n) is 6.44. The number of rotatable bonds is 1. The van der Waals surface area contributed by atoms with Crippen LogP contribution in [0.3, 0.4) is 0 Å². The first-order valence-electron chi connectivity index (χ1n) is 3.57. The van der Waals surface area contributed by atoms with E-state index in [4.69, 9.17) is 14.9 Å². The fourth-order valence-corrected chi connectivity index (χ4v) is 0.987. The predicted molar refractivity (Wildman–Crippen MR) is 42.0 cm³/mol. The van der Waals surface area contributed by atoms with E-state index in [1.165, 1.54) is 0 Å². The quantitative estimate of drug-likeness (QED) is 0.518. The molecule has 0 aromatic heterocycles. The fourth-order valence-electron chi connectivity index (χ4n) is 0.987. The third kappa shape index (κ3) is 3.99. The van der Waals surface area contributed by atoms with E-state index in [-0.39, 0.29) is 18.8 Å². The average Bonchev–Trinajstić information content (AvgIpc) is 2.08. The maximum absolute atomic E-state index is 9.02. The molecule has 0 spiro atoms. The highest BCUT2D eigenvalue weighted by molar-refractivity contribution is 4.68. The van der Waals surface area contributed by atoms with Crippen molar-refractivity contribution >= 4 is 0 Å². The van der Waals surface area contributed by atoms with Crippen molar-refractivity contribution in [2.24, 2.45) is 0 Å². The lowest BCUT2D eigenvalue weighted by Gasteiger charge is -2.24. The summed E-state index contributed by atoms with van der Waals surface area (Å²) in [5, 5.41) is 17.6. The van der Waals surface area contributed by atoms with Gasteiger partial charge in [-0.15, -0.1) is 12.8 Å². The number of terminal acetylenes is 1. The standard InChI is InChI=1S/C6H12O3.C2H2/c7-4-6-3-5(8)1-2-9-6;1-2/h5-8H,1-4H2;1-2H/t5-,6+;/m1./s1.